The number of nitrogens with one attached hydrogen (secondary N) is 1. The molecule has 1 atom stereocenters. The minimum Gasteiger partial charge on any atom is -0.477 e. The van der Waals surface area contributed by atoms with E-state index in [1.807, 2.05) is 0 Å². The van der Waals surface area contributed by atoms with Crippen molar-refractivity contribution in [3.8, 4) is 0 Å². The van der Waals surface area contributed by atoms with Gasteiger partial charge in [-0.1, -0.05) is 0 Å². The molecule has 2 heterocycles. The number of carbonyl (C=O) groups is 1. The predicted octanol–water partition coefficient (Wildman–Crippen LogP) is -1.15. The fourth-order valence-electron chi connectivity index (χ4n) is 2.15. The molecule has 1 aromatic rings. The van der Waals surface area contributed by atoms with E-state index < -0.39 is 17.2 Å². The lowest BCUT2D eigenvalue weighted by Crippen LogP contribution is -2.41. The molecule has 2 N–H and O–H groups in total. The summed E-state index contributed by atoms with van der Waals surface area (Å²) in [6.45, 7) is 2.13. The summed E-state index contributed by atoms with van der Waals surface area (Å²) in [7, 11) is 1.29. The highest BCUT2D eigenvalue weighted by atomic mass is 16.4. The topological polar surface area (TPSA) is 93.3 Å². The Bertz CT molecular complexity index is 581. The van der Waals surface area contributed by atoms with Crippen LogP contribution in [0.15, 0.2) is 15.8 Å². The van der Waals surface area contributed by atoms with Gasteiger partial charge < -0.3 is 10.4 Å². The Balaban J connectivity index is 2.43. The molecule has 1 fully saturated rings. The number of rotatable bonds is 3. The fourth-order valence-corrected chi connectivity index (χ4v) is 2.15. The molecule has 0 saturated carbocycles. The smallest absolute Gasteiger partial charge is 0.342 e. The van der Waals surface area contributed by atoms with Crippen LogP contribution in [0.3, 0.4) is 0 Å². The molecule has 1 aromatic heterocycles. The van der Waals surface area contributed by atoms with E-state index in [0.717, 1.165) is 30.3 Å². The first-order valence-corrected chi connectivity index (χ1v) is 5.75. The van der Waals surface area contributed by atoms with Gasteiger partial charge in [-0.2, -0.15) is 0 Å². The summed E-state index contributed by atoms with van der Waals surface area (Å²) in [4.78, 5) is 34.4. The van der Waals surface area contributed by atoms with Gasteiger partial charge in [0.05, 0.1) is 0 Å². The lowest BCUT2D eigenvalue weighted by atomic mass is 10.1. The van der Waals surface area contributed by atoms with Gasteiger partial charge in [0.1, 0.15) is 5.56 Å². The van der Waals surface area contributed by atoms with Gasteiger partial charge in [0.2, 0.25) is 0 Å². The molecule has 98 valence electrons. The van der Waals surface area contributed by atoms with Crippen molar-refractivity contribution in [2.75, 3.05) is 13.1 Å². The van der Waals surface area contributed by atoms with Crippen LogP contribution in [0.5, 0.6) is 0 Å². The molecule has 7 heteroatoms. The monoisotopic (exact) mass is 253 g/mol. The second-order valence-corrected chi connectivity index (χ2v) is 4.51. The average molecular weight is 253 g/mol. The zero-order chi connectivity index (χ0) is 13.3. The van der Waals surface area contributed by atoms with Gasteiger partial charge in [-0.05, 0) is 25.4 Å². The fraction of sp³-hybridized carbons (Fsp3) is 0.545. The van der Waals surface area contributed by atoms with Crippen molar-refractivity contribution in [2.24, 2.45) is 13.0 Å². The van der Waals surface area contributed by atoms with E-state index in [4.69, 9.17) is 5.11 Å². The lowest BCUT2D eigenvalue weighted by Gasteiger charge is -2.12. The quantitative estimate of drug-likeness (QED) is 0.710. The minimum atomic E-state index is -1.31. The molecule has 0 aromatic carbocycles. The first kappa shape index (κ1) is 12.6. The van der Waals surface area contributed by atoms with Crippen LogP contribution in [0.1, 0.15) is 16.8 Å². The number of carboxylic acid groups (broad SMARTS) is 1. The zero-order valence-corrected chi connectivity index (χ0v) is 10.0. The maximum absolute atomic E-state index is 11.9. The Hall–Kier alpha value is -1.89. The lowest BCUT2D eigenvalue weighted by molar-refractivity contribution is 0.0692. The summed E-state index contributed by atoms with van der Waals surface area (Å²) in [5.74, 6) is -1.02. The van der Waals surface area contributed by atoms with Gasteiger partial charge in [-0.25, -0.2) is 9.59 Å². The predicted molar refractivity (Wildman–Crippen MR) is 63.9 cm³/mol. The summed E-state index contributed by atoms with van der Waals surface area (Å²) >= 11 is 0. The van der Waals surface area contributed by atoms with Gasteiger partial charge >= 0.3 is 11.7 Å². The largest absolute Gasteiger partial charge is 0.477 e. The molecule has 18 heavy (non-hydrogen) atoms. The molecule has 7 nitrogen and oxygen atoms in total. The second kappa shape index (κ2) is 4.77. The molecule has 0 bridgehead atoms. The van der Waals surface area contributed by atoms with Crippen molar-refractivity contribution in [2.45, 2.75) is 13.0 Å². The summed E-state index contributed by atoms with van der Waals surface area (Å²) < 4.78 is 2.15. The van der Waals surface area contributed by atoms with Crippen LogP contribution in [-0.4, -0.2) is 33.3 Å². The molecule has 0 aliphatic carbocycles. The third-order valence-corrected chi connectivity index (χ3v) is 3.20. The van der Waals surface area contributed by atoms with Gasteiger partial charge in [0.15, 0.2) is 0 Å². The number of nitrogens with zero attached hydrogens (tertiary/aromatic N) is 2. The summed E-state index contributed by atoms with van der Waals surface area (Å²) in [5.41, 5.74) is -1.62. The highest BCUT2D eigenvalue weighted by Gasteiger charge is 2.19. The van der Waals surface area contributed by atoms with Crippen molar-refractivity contribution in [1.29, 1.82) is 0 Å². The first-order chi connectivity index (χ1) is 8.50. The van der Waals surface area contributed by atoms with Crippen LogP contribution in [0, 0.1) is 5.92 Å². The molecule has 0 amide bonds. The normalized spacial score (nSPS) is 19.1. The van der Waals surface area contributed by atoms with Gasteiger partial charge in [-0.15, -0.1) is 0 Å². The SMILES string of the molecule is Cn1c(=O)c(C(=O)O)cn(C[C@H]2CCNC2)c1=O. The summed E-state index contributed by atoms with van der Waals surface area (Å²) in [6.07, 6.45) is 2.09. The average Bonchev–Trinajstić information content (AvgIpc) is 2.82. The van der Waals surface area contributed by atoms with Crippen LogP contribution in [0.2, 0.25) is 0 Å². The van der Waals surface area contributed by atoms with Crippen molar-refractivity contribution in [1.82, 2.24) is 14.5 Å². The molecular weight excluding hydrogens is 238 g/mol. The third kappa shape index (κ3) is 2.21. The van der Waals surface area contributed by atoms with Gasteiger partial charge in [0, 0.05) is 19.8 Å². The summed E-state index contributed by atoms with van der Waals surface area (Å²) in [5, 5.41) is 12.1. The Morgan fingerprint density at radius 3 is 2.83 bits per heavy atom. The highest BCUT2D eigenvalue weighted by molar-refractivity contribution is 5.86. The van der Waals surface area contributed by atoms with E-state index in [1.165, 1.54) is 11.6 Å². The molecule has 1 aliphatic heterocycles. The van der Waals surface area contributed by atoms with Crippen molar-refractivity contribution in [3.63, 3.8) is 0 Å². The molecule has 1 saturated heterocycles. The molecule has 2 rings (SSSR count). The van der Waals surface area contributed by atoms with E-state index in [9.17, 15) is 14.4 Å². The third-order valence-electron chi connectivity index (χ3n) is 3.20. The van der Waals surface area contributed by atoms with Crippen LogP contribution < -0.4 is 16.6 Å². The number of hydrogen-bond donors (Lipinski definition) is 2. The molecular formula is C11H15N3O4. The Labute approximate surface area is 103 Å². The first-order valence-electron chi connectivity index (χ1n) is 5.75. The zero-order valence-electron chi connectivity index (χ0n) is 10.0. The van der Waals surface area contributed by atoms with E-state index >= 15 is 0 Å². The maximum Gasteiger partial charge on any atom is 0.342 e. The highest BCUT2D eigenvalue weighted by Crippen LogP contribution is 2.09. The van der Waals surface area contributed by atoms with Crippen molar-refractivity contribution in [3.05, 3.63) is 32.6 Å². The number of aromatic nitrogens is 2. The van der Waals surface area contributed by atoms with Crippen LogP contribution >= 0.6 is 0 Å². The van der Waals surface area contributed by atoms with Crippen LogP contribution in [-0.2, 0) is 13.6 Å². The Morgan fingerprint density at radius 1 is 1.56 bits per heavy atom. The maximum atomic E-state index is 11.9. The van der Waals surface area contributed by atoms with E-state index in [-0.39, 0.29) is 5.56 Å². The number of hydrogen-bond acceptors (Lipinski definition) is 4. The minimum absolute atomic E-state index is 0.293. The van der Waals surface area contributed by atoms with Gasteiger partial charge in [-0.3, -0.25) is 13.9 Å². The summed E-state index contributed by atoms with van der Waals surface area (Å²) in [6, 6.07) is 0. The standard InChI is InChI=1S/C11H15N3O4/c1-13-9(15)8(10(16)17)6-14(11(13)18)5-7-2-3-12-4-7/h6-7,12H,2-5H2,1H3,(H,16,17)/t7-/m0/s1. The van der Waals surface area contributed by atoms with Crippen molar-refractivity contribution < 1.29 is 9.90 Å². The second-order valence-electron chi connectivity index (χ2n) is 4.51. The van der Waals surface area contributed by atoms with Gasteiger partial charge in [0.25, 0.3) is 5.56 Å². The molecule has 0 spiro atoms. The Kier molecular flexibility index (Phi) is 3.33. The molecule has 1 aliphatic rings. The number of carboxylic acids is 1. The van der Waals surface area contributed by atoms with Crippen LogP contribution in [0.4, 0.5) is 0 Å². The molecule has 0 unspecified atom stereocenters. The van der Waals surface area contributed by atoms with Crippen molar-refractivity contribution >= 4 is 5.97 Å². The van der Waals surface area contributed by atoms with E-state index in [1.54, 1.807) is 0 Å². The van der Waals surface area contributed by atoms with E-state index in [2.05, 4.69) is 5.32 Å². The van der Waals surface area contributed by atoms with Crippen LogP contribution in [0.25, 0.3) is 0 Å². The Morgan fingerprint density at radius 2 is 2.28 bits per heavy atom. The number of aromatic carboxylic acids is 1. The van der Waals surface area contributed by atoms with E-state index in [0.29, 0.717) is 12.5 Å². The molecule has 0 radical (unpaired) electrons.